The molecule has 4 rings (SSSR count). The first kappa shape index (κ1) is 24.8. The fourth-order valence-corrected chi connectivity index (χ4v) is 3.04. The number of aromatic carboxylic acids is 1. The monoisotopic (exact) mass is 478 g/mol. The number of hydrogen-bond acceptors (Lipinski definition) is 5. The van der Waals surface area contributed by atoms with E-state index in [-0.39, 0.29) is 5.56 Å². The summed E-state index contributed by atoms with van der Waals surface area (Å²) in [6, 6.07) is 30.8. The van der Waals surface area contributed by atoms with Crippen molar-refractivity contribution in [1.29, 1.82) is 0 Å². The first-order chi connectivity index (χ1) is 16.2. The highest BCUT2D eigenvalue weighted by Crippen LogP contribution is 2.29. The van der Waals surface area contributed by atoms with E-state index in [0.717, 1.165) is 33.8 Å². The van der Waals surface area contributed by atoms with Gasteiger partial charge >= 0.3 is 17.5 Å². The summed E-state index contributed by atoms with van der Waals surface area (Å²) in [6.45, 7) is 0. The zero-order valence-corrected chi connectivity index (χ0v) is 18.4. The maximum absolute atomic E-state index is 11.0. The van der Waals surface area contributed by atoms with Crippen LogP contribution in [0.25, 0.3) is 34.8 Å². The van der Waals surface area contributed by atoms with Gasteiger partial charge in [-0.15, -0.1) is 10.2 Å². The SMILES string of the molecule is O=C(O)c1ccc(C=Cc2cc(-c3ccccc3)[o+]c(-c3ccccc3)c2)cc1.[O-][Cl+3]([O-])([O-])[O-]. The lowest BCUT2D eigenvalue weighted by Crippen LogP contribution is -2.68. The number of carbonyl (C=O) groups is 1. The van der Waals surface area contributed by atoms with Crippen molar-refractivity contribution >= 4 is 18.1 Å². The van der Waals surface area contributed by atoms with Crippen molar-refractivity contribution in [2.24, 2.45) is 0 Å². The van der Waals surface area contributed by atoms with Crippen molar-refractivity contribution < 1.29 is 43.2 Å². The minimum absolute atomic E-state index is 0.276. The zero-order valence-electron chi connectivity index (χ0n) is 17.7. The van der Waals surface area contributed by atoms with Gasteiger partial charge in [-0.05, 0) is 47.5 Å². The van der Waals surface area contributed by atoms with Gasteiger partial charge in [0, 0.05) is 0 Å². The molecule has 0 unspecified atom stereocenters. The van der Waals surface area contributed by atoms with E-state index < -0.39 is 16.2 Å². The molecule has 172 valence electrons. The fourth-order valence-electron chi connectivity index (χ4n) is 3.04. The third kappa shape index (κ3) is 7.93. The van der Waals surface area contributed by atoms with Crippen LogP contribution in [0.15, 0.2) is 101 Å². The van der Waals surface area contributed by atoms with Crippen LogP contribution in [0.1, 0.15) is 21.5 Å². The Morgan fingerprint density at radius 3 is 1.50 bits per heavy atom. The molecule has 4 aromatic rings. The average molecular weight is 479 g/mol. The van der Waals surface area contributed by atoms with Crippen LogP contribution in [-0.4, -0.2) is 11.1 Å². The Morgan fingerprint density at radius 2 is 1.09 bits per heavy atom. The largest absolute Gasteiger partial charge is 0.478 e. The van der Waals surface area contributed by atoms with Crippen molar-refractivity contribution in [1.82, 2.24) is 0 Å². The van der Waals surface area contributed by atoms with Gasteiger partial charge in [-0.1, -0.05) is 60.7 Å². The van der Waals surface area contributed by atoms with Crippen LogP contribution in [0.5, 0.6) is 0 Å². The third-order valence-corrected chi connectivity index (χ3v) is 4.56. The summed E-state index contributed by atoms with van der Waals surface area (Å²) in [7, 11) is -4.94. The Bertz CT molecular complexity index is 1190. The van der Waals surface area contributed by atoms with Crippen LogP contribution in [0.3, 0.4) is 0 Å². The molecule has 34 heavy (non-hydrogen) atoms. The smallest absolute Gasteiger partial charge is 0.361 e. The molecule has 0 radical (unpaired) electrons. The first-order valence-electron chi connectivity index (χ1n) is 9.91. The molecule has 3 aromatic carbocycles. The van der Waals surface area contributed by atoms with Gasteiger partial charge in [0.25, 0.3) is 0 Å². The van der Waals surface area contributed by atoms with Gasteiger partial charge in [0.1, 0.15) is 0 Å². The van der Waals surface area contributed by atoms with Gasteiger partial charge < -0.3 is 5.11 Å². The van der Waals surface area contributed by atoms with Crippen LogP contribution in [0, 0.1) is 10.2 Å². The van der Waals surface area contributed by atoms with Crippen molar-refractivity contribution in [3.05, 3.63) is 114 Å². The number of halogens is 1. The van der Waals surface area contributed by atoms with Gasteiger partial charge in [-0.2, -0.15) is 0 Å². The topological polar surface area (TPSA) is 141 Å². The Labute approximate surface area is 197 Å². The van der Waals surface area contributed by atoms with Crippen LogP contribution < -0.4 is 18.6 Å². The summed E-state index contributed by atoms with van der Waals surface area (Å²) in [5.74, 6) is 0.644. The van der Waals surface area contributed by atoms with E-state index in [2.05, 4.69) is 0 Å². The van der Waals surface area contributed by atoms with Crippen LogP contribution in [-0.2, 0) is 0 Å². The molecule has 0 bridgehead atoms. The standard InChI is InChI=1S/C26H18O3.ClHO4/c27-26(28)23-15-13-19(14-16-23)11-12-20-17-24(21-7-3-1-4-8-21)29-25(18-20)22-9-5-2-6-10-22;2-1(3,4)5/h1-18H;(H,2,3,4,5). The van der Waals surface area contributed by atoms with Crippen LogP contribution in [0.4, 0.5) is 0 Å². The zero-order chi connectivity index (χ0) is 24.6. The molecule has 0 fully saturated rings. The molecular weight excluding hydrogens is 460 g/mol. The van der Waals surface area contributed by atoms with E-state index in [1.807, 2.05) is 84.9 Å². The molecule has 0 amide bonds. The molecule has 0 spiro atoms. The maximum atomic E-state index is 11.0. The minimum atomic E-state index is -4.94. The molecule has 0 saturated carbocycles. The summed E-state index contributed by atoms with van der Waals surface area (Å²) < 4.78 is 40.2. The maximum Gasteiger partial charge on any atom is 0.361 e. The highest BCUT2D eigenvalue weighted by molar-refractivity contribution is 5.88. The van der Waals surface area contributed by atoms with Crippen molar-refractivity contribution in [3.63, 3.8) is 0 Å². The average Bonchev–Trinajstić information content (AvgIpc) is 2.83. The Hall–Kier alpha value is -3.85. The van der Waals surface area contributed by atoms with E-state index >= 15 is 0 Å². The van der Waals surface area contributed by atoms with Gasteiger partial charge in [-0.25, -0.2) is 27.8 Å². The van der Waals surface area contributed by atoms with Crippen molar-refractivity contribution in [3.8, 4) is 22.6 Å². The highest BCUT2D eigenvalue weighted by Gasteiger charge is 2.18. The summed E-state index contributed by atoms with van der Waals surface area (Å²) in [5, 5.41) is 9.03. The second-order valence-electron chi connectivity index (χ2n) is 6.99. The molecule has 1 N–H and O–H groups in total. The lowest BCUT2D eigenvalue weighted by atomic mass is 10.1. The minimum Gasteiger partial charge on any atom is -0.478 e. The van der Waals surface area contributed by atoms with E-state index in [1.54, 1.807) is 24.3 Å². The number of carboxylic acids is 1. The third-order valence-electron chi connectivity index (χ3n) is 4.56. The normalized spacial score (nSPS) is 11.1. The van der Waals surface area contributed by atoms with E-state index in [1.165, 1.54) is 0 Å². The lowest BCUT2D eigenvalue weighted by molar-refractivity contribution is -2.00. The van der Waals surface area contributed by atoms with Crippen LogP contribution >= 0.6 is 0 Å². The van der Waals surface area contributed by atoms with E-state index in [4.69, 9.17) is 28.2 Å². The van der Waals surface area contributed by atoms with E-state index in [9.17, 15) is 4.79 Å². The summed E-state index contributed by atoms with van der Waals surface area (Å²) in [6.07, 6.45) is 3.97. The molecule has 0 aliphatic heterocycles. The first-order valence-corrected chi connectivity index (χ1v) is 11.1. The highest BCUT2D eigenvalue weighted by atomic mass is 35.7. The fraction of sp³-hybridized carbons (Fsp3) is 0. The molecule has 1 heterocycles. The predicted octanol–water partition coefficient (Wildman–Crippen LogP) is 2.01. The number of rotatable bonds is 5. The second kappa shape index (κ2) is 11.3. The van der Waals surface area contributed by atoms with Gasteiger partial charge in [0.05, 0.1) is 28.8 Å². The molecule has 0 atom stereocenters. The molecular formula is C26H19ClO7. The summed E-state index contributed by atoms with van der Waals surface area (Å²) >= 11 is 0. The molecule has 1 aromatic heterocycles. The van der Waals surface area contributed by atoms with Crippen molar-refractivity contribution in [2.75, 3.05) is 0 Å². The summed E-state index contributed by atoms with van der Waals surface area (Å²) in [5.41, 5.74) is 4.21. The molecule has 0 saturated heterocycles. The number of benzene rings is 3. The number of carboxylic acid groups (broad SMARTS) is 1. The Morgan fingerprint density at radius 1 is 0.676 bits per heavy atom. The molecule has 0 aliphatic rings. The van der Waals surface area contributed by atoms with Crippen molar-refractivity contribution in [2.45, 2.75) is 0 Å². The second-order valence-corrected chi connectivity index (χ2v) is 7.75. The number of hydrogen-bond donors (Lipinski definition) is 1. The lowest BCUT2D eigenvalue weighted by Gasteiger charge is -2.17. The van der Waals surface area contributed by atoms with E-state index in [0.29, 0.717) is 0 Å². The molecule has 8 heteroatoms. The predicted molar refractivity (Wildman–Crippen MR) is 116 cm³/mol. The van der Waals surface area contributed by atoms with Gasteiger partial charge in [0.2, 0.25) is 0 Å². The van der Waals surface area contributed by atoms with Crippen LogP contribution in [0.2, 0.25) is 0 Å². The van der Waals surface area contributed by atoms with Gasteiger partial charge in [-0.3, -0.25) is 0 Å². The Kier molecular flexibility index (Phi) is 8.26. The summed E-state index contributed by atoms with van der Waals surface area (Å²) in [4.78, 5) is 11.0. The Balaban J connectivity index is 0.000000588. The molecule has 7 nitrogen and oxygen atoms in total. The van der Waals surface area contributed by atoms with Gasteiger partial charge in [0.15, 0.2) is 0 Å². The molecule has 0 aliphatic carbocycles. The quantitative estimate of drug-likeness (QED) is 0.432.